The van der Waals surface area contributed by atoms with Crippen molar-refractivity contribution in [3.63, 3.8) is 0 Å². The minimum atomic E-state index is -1.52. The lowest BCUT2D eigenvalue weighted by atomic mass is 10.0. The molecule has 1 aliphatic carbocycles. The number of hydrogen-bond donors (Lipinski definition) is 4. The number of amides is 1. The molecule has 1 saturated carbocycles. The summed E-state index contributed by atoms with van der Waals surface area (Å²) < 4.78 is 45.5. The van der Waals surface area contributed by atoms with E-state index in [1.807, 2.05) is 0 Å². The molecule has 1 atom stereocenters. The van der Waals surface area contributed by atoms with Crippen LogP contribution in [0, 0.1) is 28.8 Å². The molecular formula is C19H25F3N4O3. The highest BCUT2D eigenvalue weighted by Crippen LogP contribution is 2.25. The molecule has 7 nitrogen and oxygen atoms in total. The predicted molar refractivity (Wildman–Crippen MR) is 99.9 cm³/mol. The van der Waals surface area contributed by atoms with Gasteiger partial charge < -0.3 is 21.1 Å². The average Bonchev–Trinajstić information content (AvgIpc) is 3.21. The second-order valence-electron chi connectivity index (χ2n) is 6.95. The monoisotopic (exact) mass is 414 g/mol. The Bertz CT molecular complexity index is 754. The van der Waals surface area contributed by atoms with Gasteiger partial charge in [-0.1, -0.05) is 12.8 Å². The van der Waals surface area contributed by atoms with Crippen molar-refractivity contribution in [2.24, 2.45) is 11.7 Å². The maximum Gasteiger partial charge on any atom is 0.223 e. The van der Waals surface area contributed by atoms with Crippen LogP contribution in [0.3, 0.4) is 0 Å². The average molecular weight is 414 g/mol. The second kappa shape index (κ2) is 10.7. The highest BCUT2D eigenvalue weighted by molar-refractivity contribution is 5.90. The van der Waals surface area contributed by atoms with Gasteiger partial charge in [-0.15, -0.1) is 0 Å². The van der Waals surface area contributed by atoms with Crippen LogP contribution < -0.4 is 21.1 Å². The standard InChI is InChI=1S/C19H25F3N4O3/c20-12-7-8-13(21)17(16(12)22)29-10-15(27)14(6-3-9-25-19(23)24)26-18(28)11-4-1-2-5-11/h7-8,11,14H,1-6,9-10H2,(H,26,28)(H4,23,24,25). The summed E-state index contributed by atoms with van der Waals surface area (Å²) in [4.78, 5) is 24.9. The summed E-state index contributed by atoms with van der Waals surface area (Å²) in [7, 11) is 0. The predicted octanol–water partition coefficient (Wildman–Crippen LogP) is 1.99. The van der Waals surface area contributed by atoms with E-state index in [0.29, 0.717) is 25.1 Å². The molecule has 1 amide bonds. The first-order valence-corrected chi connectivity index (χ1v) is 9.47. The van der Waals surface area contributed by atoms with Crippen LogP contribution >= 0.6 is 0 Å². The number of ether oxygens (including phenoxy) is 1. The quantitative estimate of drug-likeness (QED) is 0.202. The van der Waals surface area contributed by atoms with Crippen molar-refractivity contribution >= 4 is 17.6 Å². The maximum absolute atomic E-state index is 13.7. The lowest BCUT2D eigenvalue weighted by Gasteiger charge is -2.20. The van der Waals surface area contributed by atoms with Crippen molar-refractivity contribution in [3.8, 4) is 5.75 Å². The van der Waals surface area contributed by atoms with Gasteiger partial charge in [-0.05, 0) is 37.8 Å². The van der Waals surface area contributed by atoms with Crippen LogP contribution in [0.15, 0.2) is 12.1 Å². The van der Waals surface area contributed by atoms with Crippen LogP contribution in [0.25, 0.3) is 0 Å². The number of halogens is 3. The van der Waals surface area contributed by atoms with E-state index in [4.69, 9.17) is 15.9 Å². The summed E-state index contributed by atoms with van der Waals surface area (Å²) in [6.45, 7) is -0.417. The molecule has 10 heteroatoms. The zero-order valence-electron chi connectivity index (χ0n) is 15.9. The zero-order chi connectivity index (χ0) is 21.4. The van der Waals surface area contributed by atoms with Gasteiger partial charge in [0.05, 0.1) is 6.04 Å². The third-order valence-corrected chi connectivity index (χ3v) is 4.78. The maximum atomic E-state index is 13.7. The highest BCUT2D eigenvalue weighted by Gasteiger charge is 2.28. The number of hydrogen-bond acceptors (Lipinski definition) is 4. The number of carbonyl (C=O) groups is 2. The molecule has 29 heavy (non-hydrogen) atoms. The number of rotatable bonds is 10. The van der Waals surface area contributed by atoms with Crippen LogP contribution in [0.5, 0.6) is 5.75 Å². The Labute approximate surface area is 166 Å². The topological polar surface area (TPSA) is 117 Å². The number of nitrogens with one attached hydrogen (secondary N) is 3. The second-order valence-corrected chi connectivity index (χ2v) is 6.95. The Balaban J connectivity index is 1.99. The van der Waals surface area contributed by atoms with E-state index in [1.54, 1.807) is 0 Å². The van der Waals surface area contributed by atoms with Gasteiger partial charge in [-0.3, -0.25) is 15.0 Å². The molecule has 1 aromatic rings. The molecule has 1 aromatic carbocycles. The molecule has 1 aliphatic rings. The van der Waals surface area contributed by atoms with E-state index >= 15 is 0 Å². The summed E-state index contributed by atoms with van der Waals surface area (Å²) >= 11 is 0. The van der Waals surface area contributed by atoms with Gasteiger partial charge in [0.1, 0.15) is 6.61 Å². The summed E-state index contributed by atoms with van der Waals surface area (Å²) in [6.07, 6.45) is 4.00. The molecule has 0 heterocycles. The van der Waals surface area contributed by atoms with Crippen LogP contribution in [-0.4, -0.2) is 36.8 Å². The lowest BCUT2D eigenvalue weighted by Crippen LogP contribution is -2.45. The Kier molecular flexibility index (Phi) is 8.29. The third-order valence-electron chi connectivity index (χ3n) is 4.78. The fourth-order valence-corrected chi connectivity index (χ4v) is 3.21. The molecular weight excluding hydrogens is 389 g/mol. The number of guanidine groups is 1. The van der Waals surface area contributed by atoms with Crippen molar-refractivity contribution in [3.05, 3.63) is 29.6 Å². The fourth-order valence-electron chi connectivity index (χ4n) is 3.21. The number of carbonyl (C=O) groups excluding carboxylic acids is 2. The Morgan fingerprint density at radius 1 is 1.21 bits per heavy atom. The minimum absolute atomic E-state index is 0.167. The van der Waals surface area contributed by atoms with E-state index in [9.17, 15) is 22.8 Å². The Hall–Kier alpha value is -2.78. The Morgan fingerprint density at radius 3 is 2.52 bits per heavy atom. The summed E-state index contributed by atoms with van der Waals surface area (Å²) in [5, 5.41) is 12.4. The normalized spacial score (nSPS) is 15.0. The first-order chi connectivity index (χ1) is 13.8. The zero-order valence-corrected chi connectivity index (χ0v) is 15.9. The van der Waals surface area contributed by atoms with Crippen molar-refractivity contribution in [2.75, 3.05) is 13.2 Å². The highest BCUT2D eigenvalue weighted by atomic mass is 19.2. The van der Waals surface area contributed by atoms with Crippen LogP contribution in [0.1, 0.15) is 38.5 Å². The lowest BCUT2D eigenvalue weighted by molar-refractivity contribution is -0.131. The smallest absolute Gasteiger partial charge is 0.223 e. The first kappa shape index (κ1) is 22.5. The van der Waals surface area contributed by atoms with E-state index in [1.165, 1.54) is 0 Å². The largest absolute Gasteiger partial charge is 0.480 e. The molecule has 0 aliphatic heterocycles. The van der Waals surface area contributed by atoms with E-state index in [0.717, 1.165) is 25.7 Å². The summed E-state index contributed by atoms with van der Waals surface area (Å²) in [5.74, 6) is -6.15. The minimum Gasteiger partial charge on any atom is -0.480 e. The van der Waals surface area contributed by atoms with Crippen molar-refractivity contribution in [1.82, 2.24) is 10.6 Å². The molecule has 0 saturated heterocycles. The molecule has 160 valence electrons. The fraction of sp³-hybridized carbons (Fsp3) is 0.526. The van der Waals surface area contributed by atoms with E-state index in [-0.39, 0.29) is 24.2 Å². The molecule has 5 N–H and O–H groups in total. The molecule has 0 spiro atoms. The van der Waals surface area contributed by atoms with E-state index < -0.39 is 41.6 Å². The molecule has 0 bridgehead atoms. The number of Topliss-reactive ketones (excluding diaryl/α,β-unsaturated/α-hetero) is 1. The van der Waals surface area contributed by atoms with Crippen LogP contribution in [0.4, 0.5) is 13.2 Å². The summed E-state index contributed by atoms with van der Waals surface area (Å²) in [6, 6.07) is 0.383. The molecule has 0 aromatic heterocycles. The summed E-state index contributed by atoms with van der Waals surface area (Å²) in [5.41, 5.74) is 5.20. The van der Waals surface area contributed by atoms with E-state index in [2.05, 4.69) is 10.6 Å². The third kappa shape index (κ3) is 6.65. The van der Waals surface area contributed by atoms with Crippen LogP contribution in [-0.2, 0) is 9.59 Å². The van der Waals surface area contributed by atoms with Gasteiger partial charge in [-0.25, -0.2) is 8.78 Å². The number of nitrogens with two attached hydrogens (primary N) is 1. The van der Waals surface area contributed by atoms with Crippen molar-refractivity contribution < 1.29 is 27.5 Å². The molecule has 1 unspecified atom stereocenters. The SMILES string of the molecule is N=C(N)NCCCC(NC(=O)C1CCCC1)C(=O)COc1c(F)ccc(F)c1F. The van der Waals surface area contributed by atoms with Gasteiger partial charge in [0, 0.05) is 12.5 Å². The van der Waals surface area contributed by atoms with Gasteiger partial charge in [0.2, 0.25) is 11.7 Å². The van der Waals surface area contributed by atoms with Crippen molar-refractivity contribution in [1.29, 1.82) is 5.41 Å². The number of ketones is 1. The van der Waals surface area contributed by atoms with Gasteiger partial charge in [0.25, 0.3) is 0 Å². The van der Waals surface area contributed by atoms with Crippen LogP contribution in [0.2, 0.25) is 0 Å². The van der Waals surface area contributed by atoms with Gasteiger partial charge in [-0.2, -0.15) is 4.39 Å². The number of benzene rings is 1. The molecule has 2 rings (SSSR count). The Morgan fingerprint density at radius 2 is 1.86 bits per heavy atom. The molecule has 0 radical (unpaired) electrons. The van der Waals surface area contributed by atoms with Gasteiger partial charge >= 0.3 is 0 Å². The van der Waals surface area contributed by atoms with Crippen molar-refractivity contribution in [2.45, 2.75) is 44.6 Å². The van der Waals surface area contributed by atoms with Gasteiger partial charge in [0.15, 0.2) is 29.1 Å². The molecule has 1 fully saturated rings. The first-order valence-electron chi connectivity index (χ1n) is 9.47.